The highest BCUT2D eigenvalue weighted by molar-refractivity contribution is 5.83. The summed E-state index contributed by atoms with van der Waals surface area (Å²) in [6.07, 6.45) is 0.638. The molecule has 1 aliphatic heterocycles. The Kier molecular flexibility index (Phi) is 5.21. The smallest absolute Gasteiger partial charge is 0.326 e. The van der Waals surface area contributed by atoms with Gasteiger partial charge in [0.15, 0.2) is 0 Å². The van der Waals surface area contributed by atoms with Crippen LogP contribution in [0.4, 0.5) is 0 Å². The van der Waals surface area contributed by atoms with Gasteiger partial charge in [-0.1, -0.05) is 6.92 Å². The predicted molar refractivity (Wildman–Crippen MR) is 57.1 cm³/mol. The Morgan fingerprint density at radius 3 is 2.88 bits per heavy atom. The average molecular weight is 230 g/mol. The summed E-state index contributed by atoms with van der Waals surface area (Å²) in [6.45, 7) is 3.61. The van der Waals surface area contributed by atoms with E-state index in [2.05, 4.69) is 10.6 Å². The third-order valence-electron chi connectivity index (χ3n) is 2.47. The summed E-state index contributed by atoms with van der Waals surface area (Å²) in [6, 6.07) is -0.808. The van der Waals surface area contributed by atoms with Crippen molar-refractivity contribution in [1.82, 2.24) is 10.6 Å². The number of amides is 1. The van der Waals surface area contributed by atoms with Gasteiger partial charge in [-0.05, 0) is 6.42 Å². The third kappa shape index (κ3) is 4.16. The molecule has 16 heavy (non-hydrogen) atoms. The predicted octanol–water partition coefficient (Wildman–Crippen LogP) is -0.656. The molecule has 6 heteroatoms. The molecule has 92 valence electrons. The summed E-state index contributed by atoms with van der Waals surface area (Å²) in [4.78, 5) is 22.2. The van der Waals surface area contributed by atoms with Gasteiger partial charge in [-0.2, -0.15) is 0 Å². The van der Waals surface area contributed by atoms with Gasteiger partial charge in [0.25, 0.3) is 0 Å². The van der Waals surface area contributed by atoms with Crippen LogP contribution in [0.25, 0.3) is 0 Å². The molecule has 1 rings (SSSR count). The highest BCUT2D eigenvalue weighted by Crippen LogP contribution is 2.00. The van der Waals surface area contributed by atoms with E-state index < -0.39 is 12.0 Å². The van der Waals surface area contributed by atoms with Crippen molar-refractivity contribution in [2.75, 3.05) is 19.8 Å². The molecule has 1 aliphatic rings. The summed E-state index contributed by atoms with van der Waals surface area (Å²) in [7, 11) is 0. The summed E-state index contributed by atoms with van der Waals surface area (Å²) in [5, 5.41) is 14.4. The number of carbonyl (C=O) groups excluding carboxylic acids is 1. The largest absolute Gasteiger partial charge is 0.480 e. The first-order valence-corrected chi connectivity index (χ1v) is 5.46. The second-order valence-corrected chi connectivity index (χ2v) is 3.80. The van der Waals surface area contributed by atoms with Gasteiger partial charge < -0.3 is 20.5 Å². The zero-order valence-corrected chi connectivity index (χ0v) is 9.36. The maximum absolute atomic E-state index is 11.5. The maximum atomic E-state index is 11.5. The van der Waals surface area contributed by atoms with E-state index >= 15 is 0 Å². The Labute approximate surface area is 94.3 Å². The van der Waals surface area contributed by atoms with Gasteiger partial charge in [-0.3, -0.25) is 4.79 Å². The molecular formula is C10H18N2O4. The van der Waals surface area contributed by atoms with Crippen LogP contribution in [0.5, 0.6) is 0 Å². The lowest BCUT2D eigenvalue weighted by Gasteiger charge is -2.23. The Morgan fingerprint density at radius 1 is 1.62 bits per heavy atom. The van der Waals surface area contributed by atoms with E-state index in [-0.39, 0.29) is 18.4 Å². The fraction of sp³-hybridized carbons (Fsp3) is 0.800. The Morgan fingerprint density at radius 2 is 2.38 bits per heavy atom. The van der Waals surface area contributed by atoms with Gasteiger partial charge in [0.1, 0.15) is 6.04 Å². The number of carboxylic acids is 1. The highest BCUT2D eigenvalue weighted by atomic mass is 16.5. The van der Waals surface area contributed by atoms with Crippen molar-refractivity contribution in [3.63, 3.8) is 0 Å². The number of morpholine rings is 1. The molecule has 1 heterocycles. The fourth-order valence-corrected chi connectivity index (χ4v) is 1.57. The fourth-order valence-electron chi connectivity index (χ4n) is 1.57. The van der Waals surface area contributed by atoms with E-state index in [1.165, 1.54) is 0 Å². The van der Waals surface area contributed by atoms with E-state index in [4.69, 9.17) is 9.84 Å². The van der Waals surface area contributed by atoms with Crippen molar-refractivity contribution in [2.45, 2.75) is 31.8 Å². The van der Waals surface area contributed by atoms with Gasteiger partial charge in [-0.15, -0.1) is 0 Å². The van der Waals surface area contributed by atoms with Gasteiger partial charge in [0.05, 0.1) is 13.2 Å². The molecule has 2 atom stereocenters. The lowest BCUT2D eigenvalue weighted by molar-refractivity contribution is -0.142. The van der Waals surface area contributed by atoms with E-state index in [1.807, 2.05) is 0 Å². The van der Waals surface area contributed by atoms with Crippen molar-refractivity contribution in [2.24, 2.45) is 0 Å². The molecule has 1 amide bonds. The van der Waals surface area contributed by atoms with Crippen LogP contribution in [0.15, 0.2) is 0 Å². The molecule has 0 radical (unpaired) electrons. The summed E-state index contributed by atoms with van der Waals surface area (Å²) < 4.78 is 5.20. The van der Waals surface area contributed by atoms with Gasteiger partial charge >= 0.3 is 5.97 Å². The van der Waals surface area contributed by atoms with E-state index in [0.717, 1.165) is 6.54 Å². The molecule has 0 aromatic carbocycles. The first-order valence-electron chi connectivity index (χ1n) is 5.46. The lowest BCUT2D eigenvalue weighted by Crippen LogP contribution is -2.47. The number of carbonyl (C=O) groups is 2. The summed E-state index contributed by atoms with van der Waals surface area (Å²) in [5.74, 6) is -1.25. The van der Waals surface area contributed by atoms with Crippen molar-refractivity contribution < 1.29 is 19.4 Å². The Balaban J connectivity index is 2.31. The summed E-state index contributed by atoms with van der Waals surface area (Å²) >= 11 is 0. The van der Waals surface area contributed by atoms with Crippen LogP contribution in [0.2, 0.25) is 0 Å². The molecule has 0 aromatic rings. The Hall–Kier alpha value is -1.14. The molecule has 1 fully saturated rings. The highest BCUT2D eigenvalue weighted by Gasteiger charge is 2.21. The normalized spacial score (nSPS) is 22.4. The number of hydrogen-bond acceptors (Lipinski definition) is 4. The van der Waals surface area contributed by atoms with Crippen molar-refractivity contribution >= 4 is 11.9 Å². The van der Waals surface area contributed by atoms with E-state index in [1.54, 1.807) is 6.92 Å². The van der Waals surface area contributed by atoms with Crippen LogP contribution in [0, 0.1) is 0 Å². The standard InChI is InChI=1S/C10H18N2O4/c1-2-8(10(14)15)12-9(13)5-7-6-16-4-3-11-7/h7-8,11H,2-6H2,1H3,(H,12,13)(H,14,15)/t7?,8-/m1/s1. The number of nitrogens with one attached hydrogen (secondary N) is 2. The SMILES string of the molecule is CC[C@@H](NC(=O)CC1COCCN1)C(=O)O. The second kappa shape index (κ2) is 6.44. The lowest BCUT2D eigenvalue weighted by atomic mass is 10.1. The minimum atomic E-state index is -0.997. The molecule has 1 unspecified atom stereocenters. The molecule has 6 nitrogen and oxygen atoms in total. The summed E-state index contributed by atoms with van der Waals surface area (Å²) in [5.41, 5.74) is 0. The van der Waals surface area contributed by atoms with Crippen LogP contribution in [-0.2, 0) is 14.3 Å². The zero-order valence-electron chi connectivity index (χ0n) is 9.36. The molecule has 1 saturated heterocycles. The number of carboxylic acid groups (broad SMARTS) is 1. The first kappa shape index (κ1) is 12.9. The van der Waals surface area contributed by atoms with Crippen LogP contribution < -0.4 is 10.6 Å². The number of rotatable bonds is 5. The van der Waals surface area contributed by atoms with E-state index in [0.29, 0.717) is 19.6 Å². The molecule has 0 aliphatic carbocycles. The number of hydrogen-bond donors (Lipinski definition) is 3. The second-order valence-electron chi connectivity index (χ2n) is 3.80. The number of ether oxygens (including phenoxy) is 1. The quantitative estimate of drug-likeness (QED) is 0.584. The topological polar surface area (TPSA) is 87.7 Å². The van der Waals surface area contributed by atoms with Crippen LogP contribution >= 0.6 is 0 Å². The van der Waals surface area contributed by atoms with Crippen LogP contribution in [-0.4, -0.2) is 48.8 Å². The maximum Gasteiger partial charge on any atom is 0.326 e. The van der Waals surface area contributed by atoms with Crippen LogP contribution in [0.3, 0.4) is 0 Å². The van der Waals surface area contributed by atoms with Crippen molar-refractivity contribution in [3.8, 4) is 0 Å². The minimum absolute atomic E-state index is 0.0138. The average Bonchev–Trinajstić information content (AvgIpc) is 2.27. The van der Waals surface area contributed by atoms with E-state index in [9.17, 15) is 9.59 Å². The van der Waals surface area contributed by atoms with Gasteiger partial charge in [0.2, 0.25) is 5.91 Å². The Bertz CT molecular complexity index is 251. The molecule has 3 N–H and O–H groups in total. The molecule has 0 spiro atoms. The molecule has 0 aromatic heterocycles. The monoisotopic (exact) mass is 230 g/mol. The van der Waals surface area contributed by atoms with Crippen molar-refractivity contribution in [3.05, 3.63) is 0 Å². The van der Waals surface area contributed by atoms with Crippen LogP contribution in [0.1, 0.15) is 19.8 Å². The zero-order chi connectivity index (χ0) is 12.0. The third-order valence-corrected chi connectivity index (χ3v) is 2.47. The molecule has 0 bridgehead atoms. The van der Waals surface area contributed by atoms with Crippen molar-refractivity contribution in [1.29, 1.82) is 0 Å². The first-order chi connectivity index (χ1) is 7.63. The molecular weight excluding hydrogens is 212 g/mol. The van der Waals surface area contributed by atoms with Gasteiger partial charge in [0, 0.05) is 19.0 Å². The number of aliphatic carboxylic acids is 1. The minimum Gasteiger partial charge on any atom is -0.480 e. The van der Waals surface area contributed by atoms with Gasteiger partial charge in [-0.25, -0.2) is 4.79 Å². The molecule has 0 saturated carbocycles.